The molecule has 5 nitrogen and oxygen atoms in total. The maximum absolute atomic E-state index is 11.4. The summed E-state index contributed by atoms with van der Waals surface area (Å²) in [7, 11) is 1.50. The molecule has 1 amide bonds. The molecule has 0 saturated heterocycles. The normalized spacial score (nSPS) is 17.4. The third-order valence-electron chi connectivity index (χ3n) is 3.00. The number of hydrogen-bond acceptors (Lipinski definition) is 4. The molecule has 108 valence electrons. The minimum absolute atomic E-state index is 0.0620. The Morgan fingerprint density at radius 1 is 1.35 bits per heavy atom. The molecule has 0 fully saturated rings. The van der Waals surface area contributed by atoms with Gasteiger partial charge in [0, 0.05) is 18.5 Å². The molecular formula is C15H20N2O3. The van der Waals surface area contributed by atoms with E-state index in [9.17, 15) is 4.79 Å². The number of methoxy groups -OCH3 is 1. The molecule has 0 aromatic heterocycles. The Balaban J connectivity index is 1.79. The van der Waals surface area contributed by atoms with E-state index in [0.29, 0.717) is 0 Å². The van der Waals surface area contributed by atoms with E-state index in [2.05, 4.69) is 10.6 Å². The summed E-state index contributed by atoms with van der Waals surface area (Å²) >= 11 is 0. The first kappa shape index (κ1) is 14.4. The summed E-state index contributed by atoms with van der Waals surface area (Å²) in [4.78, 5) is 11.4. The molecule has 1 heterocycles. The summed E-state index contributed by atoms with van der Waals surface area (Å²) in [5, 5.41) is 6.07. The second-order valence-electron chi connectivity index (χ2n) is 4.65. The van der Waals surface area contributed by atoms with Crippen LogP contribution in [0.5, 0.6) is 0 Å². The number of ether oxygens (including phenoxy) is 2. The third-order valence-corrected chi connectivity index (χ3v) is 3.00. The maximum Gasteiger partial charge on any atom is 0.250 e. The topological polar surface area (TPSA) is 59.6 Å². The number of nitrogens with one attached hydrogen (secondary N) is 2. The van der Waals surface area contributed by atoms with Crippen LogP contribution in [0.4, 0.5) is 11.4 Å². The molecular weight excluding hydrogens is 256 g/mol. The highest BCUT2D eigenvalue weighted by molar-refractivity contribution is 5.91. The Kier molecular flexibility index (Phi) is 5.43. The molecule has 1 aromatic carbocycles. The van der Waals surface area contributed by atoms with E-state index in [4.69, 9.17) is 9.47 Å². The molecule has 20 heavy (non-hydrogen) atoms. The second-order valence-corrected chi connectivity index (χ2v) is 4.65. The Morgan fingerprint density at radius 2 is 2.10 bits per heavy atom. The number of allylic oxidation sites excluding steroid dienone is 1. The zero-order chi connectivity index (χ0) is 14.2. The predicted octanol–water partition coefficient (Wildman–Crippen LogP) is 2.38. The number of carbonyl (C=O) groups excluding carboxylic acids is 1. The highest BCUT2D eigenvalue weighted by Crippen LogP contribution is 2.15. The molecule has 0 spiro atoms. The number of rotatable bonds is 6. The van der Waals surface area contributed by atoms with Crippen molar-refractivity contribution in [3.05, 3.63) is 36.6 Å². The maximum atomic E-state index is 11.4. The van der Waals surface area contributed by atoms with E-state index in [1.54, 1.807) is 6.26 Å². The number of benzene rings is 1. The van der Waals surface area contributed by atoms with Crippen molar-refractivity contribution in [1.82, 2.24) is 0 Å². The highest BCUT2D eigenvalue weighted by atomic mass is 16.5. The molecule has 2 rings (SSSR count). The molecule has 0 bridgehead atoms. The minimum Gasteiger partial charge on any atom is -0.497 e. The Labute approximate surface area is 119 Å². The minimum atomic E-state index is -0.157. The van der Waals surface area contributed by atoms with Crippen LogP contribution in [0.25, 0.3) is 0 Å². The van der Waals surface area contributed by atoms with Crippen LogP contribution in [-0.4, -0.2) is 32.3 Å². The SMILES string of the molecule is COCC(=O)Nc1ccc(NCC2CCC=CO2)cc1. The molecule has 1 aliphatic rings. The van der Waals surface area contributed by atoms with Crippen LogP contribution < -0.4 is 10.6 Å². The van der Waals surface area contributed by atoms with Gasteiger partial charge in [0.05, 0.1) is 12.8 Å². The summed E-state index contributed by atoms with van der Waals surface area (Å²) in [5.74, 6) is -0.157. The fraction of sp³-hybridized carbons (Fsp3) is 0.400. The monoisotopic (exact) mass is 276 g/mol. The summed E-state index contributed by atoms with van der Waals surface area (Å²) in [6.45, 7) is 0.840. The van der Waals surface area contributed by atoms with Crippen LogP contribution in [0, 0.1) is 0 Å². The van der Waals surface area contributed by atoms with Gasteiger partial charge >= 0.3 is 0 Å². The van der Waals surface area contributed by atoms with Crippen molar-refractivity contribution in [2.45, 2.75) is 18.9 Å². The quantitative estimate of drug-likeness (QED) is 0.837. The summed E-state index contributed by atoms with van der Waals surface area (Å²) < 4.78 is 10.3. The van der Waals surface area contributed by atoms with E-state index in [-0.39, 0.29) is 18.6 Å². The highest BCUT2D eigenvalue weighted by Gasteiger charge is 2.10. The lowest BCUT2D eigenvalue weighted by Crippen LogP contribution is -2.23. The fourth-order valence-corrected chi connectivity index (χ4v) is 1.97. The van der Waals surface area contributed by atoms with Crippen molar-refractivity contribution in [2.24, 2.45) is 0 Å². The van der Waals surface area contributed by atoms with Crippen molar-refractivity contribution in [3.63, 3.8) is 0 Å². The van der Waals surface area contributed by atoms with E-state index in [1.165, 1.54) is 7.11 Å². The van der Waals surface area contributed by atoms with Gasteiger partial charge < -0.3 is 20.1 Å². The standard InChI is InChI=1S/C15H20N2O3/c1-19-11-15(18)17-13-7-5-12(6-8-13)16-10-14-4-2-3-9-20-14/h3,5-9,14,16H,2,4,10-11H2,1H3,(H,17,18). The van der Waals surface area contributed by atoms with Crippen molar-refractivity contribution in [2.75, 3.05) is 30.9 Å². The van der Waals surface area contributed by atoms with Crippen LogP contribution >= 0.6 is 0 Å². The van der Waals surface area contributed by atoms with E-state index < -0.39 is 0 Å². The molecule has 0 saturated carbocycles. The lowest BCUT2D eigenvalue weighted by atomic mass is 10.1. The lowest BCUT2D eigenvalue weighted by Gasteiger charge is -2.20. The number of amides is 1. The Hall–Kier alpha value is -2.01. The van der Waals surface area contributed by atoms with Gasteiger partial charge in [-0.2, -0.15) is 0 Å². The van der Waals surface area contributed by atoms with Gasteiger partial charge in [0.15, 0.2) is 0 Å². The van der Waals surface area contributed by atoms with Crippen molar-refractivity contribution in [1.29, 1.82) is 0 Å². The molecule has 1 aromatic rings. The average molecular weight is 276 g/mol. The molecule has 1 unspecified atom stereocenters. The average Bonchev–Trinajstić information content (AvgIpc) is 2.48. The number of carbonyl (C=O) groups is 1. The molecule has 1 aliphatic heterocycles. The number of anilines is 2. The summed E-state index contributed by atoms with van der Waals surface area (Å²) in [5.41, 5.74) is 1.77. The van der Waals surface area contributed by atoms with Crippen molar-refractivity contribution >= 4 is 17.3 Å². The van der Waals surface area contributed by atoms with Crippen LogP contribution in [-0.2, 0) is 14.3 Å². The van der Waals surface area contributed by atoms with Crippen LogP contribution in [0.1, 0.15) is 12.8 Å². The first-order valence-corrected chi connectivity index (χ1v) is 6.71. The fourth-order valence-electron chi connectivity index (χ4n) is 1.97. The van der Waals surface area contributed by atoms with Gasteiger partial charge in [0.25, 0.3) is 0 Å². The van der Waals surface area contributed by atoms with Crippen molar-refractivity contribution < 1.29 is 14.3 Å². The predicted molar refractivity (Wildman–Crippen MR) is 78.7 cm³/mol. The van der Waals surface area contributed by atoms with E-state index in [0.717, 1.165) is 30.8 Å². The molecule has 5 heteroatoms. The zero-order valence-corrected chi connectivity index (χ0v) is 11.6. The second kappa shape index (κ2) is 7.55. The van der Waals surface area contributed by atoms with Crippen LogP contribution in [0.15, 0.2) is 36.6 Å². The van der Waals surface area contributed by atoms with Gasteiger partial charge in [-0.3, -0.25) is 4.79 Å². The van der Waals surface area contributed by atoms with E-state index in [1.807, 2.05) is 30.3 Å². The smallest absolute Gasteiger partial charge is 0.250 e. The van der Waals surface area contributed by atoms with Gasteiger partial charge in [-0.15, -0.1) is 0 Å². The molecule has 1 atom stereocenters. The van der Waals surface area contributed by atoms with Gasteiger partial charge in [-0.25, -0.2) is 0 Å². The number of hydrogen-bond donors (Lipinski definition) is 2. The third kappa shape index (κ3) is 4.59. The molecule has 2 N–H and O–H groups in total. The lowest BCUT2D eigenvalue weighted by molar-refractivity contribution is -0.119. The Morgan fingerprint density at radius 3 is 2.75 bits per heavy atom. The Bertz CT molecular complexity index is 457. The van der Waals surface area contributed by atoms with E-state index >= 15 is 0 Å². The largest absolute Gasteiger partial charge is 0.497 e. The van der Waals surface area contributed by atoms with Crippen molar-refractivity contribution in [3.8, 4) is 0 Å². The summed E-state index contributed by atoms with van der Waals surface area (Å²) in [6.07, 6.45) is 6.13. The van der Waals surface area contributed by atoms with Gasteiger partial charge in [0.1, 0.15) is 12.7 Å². The zero-order valence-electron chi connectivity index (χ0n) is 11.6. The van der Waals surface area contributed by atoms with Gasteiger partial charge in [-0.1, -0.05) is 0 Å². The summed E-state index contributed by atoms with van der Waals surface area (Å²) in [6, 6.07) is 7.58. The molecule has 0 radical (unpaired) electrons. The van der Waals surface area contributed by atoms with Crippen LogP contribution in [0.2, 0.25) is 0 Å². The first-order valence-electron chi connectivity index (χ1n) is 6.71. The van der Waals surface area contributed by atoms with Gasteiger partial charge in [0.2, 0.25) is 5.91 Å². The van der Waals surface area contributed by atoms with Crippen LogP contribution in [0.3, 0.4) is 0 Å². The molecule has 0 aliphatic carbocycles. The van der Waals surface area contributed by atoms with Gasteiger partial charge in [-0.05, 0) is 43.2 Å². The first-order chi connectivity index (χ1) is 9.78.